The maximum atomic E-state index is 13.2. The molecule has 1 nitrogen and oxygen atoms in total. The molecule has 5 heteroatoms. The first-order valence-electron chi connectivity index (χ1n) is 7.28. The molecule has 1 aromatic rings. The quantitative estimate of drug-likeness (QED) is 0.836. The lowest BCUT2D eigenvalue weighted by molar-refractivity contribution is -0.199. The molecule has 114 valence electrons. The van der Waals surface area contributed by atoms with Crippen LogP contribution in [0.3, 0.4) is 0 Å². The van der Waals surface area contributed by atoms with Crippen LogP contribution in [0.5, 0.6) is 0 Å². The minimum absolute atomic E-state index is 0.0379. The van der Waals surface area contributed by atoms with Gasteiger partial charge in [-0.15, -0.1) is 11.3 Å². The number of nitrogens with one attached hydrogen (secondary N) is 1. The molecule has 0 saturated heterocycles. The molecule has 1 aliphatic carbocycles. The molecule has 1 aromatic heterocycles. The second-order valence-corrected chi connectivity index (χ2v) is 6.64. The van der Waals surface area contributed by atoms with Crippen molar-refractivity contribution in [3.63, 3.8) is 0 Å². The molecule has 3 atom stereocenters. The third-order valence-corrected chi connectivity index (χ3v) is 5.35. The highest BCUT2D eigenvalue weighted by atomic mass is 32.1. The molecule has 20 heavy (non-hydrogen) atoms. The van der Waals surface area contributed by atoms with Crippen LogP contribution in [0.1, 0.15) is 37.0 Å². The molecule has 3 unspecified atom stereocenters. The molecule has 1 saturated carbocycles. The molecule has 0 bridgehead atoms. The minimum atomic E-state index is -4.05. The summed E-state index contributed by atoms with van der Waals surface area (Å²) in [5.74, 6) is -1.40. The average Bonchev–Trinajstić information content (AvgIpc) is 2.92. The first kappa shape index (κ1) is 15.8. The van der Waals surface area contributed by atoms with Gasteiger partial charge in [-0.25, -0.2) is 0 Å². The van der Waals surface area contributed by atoms with E-state index < -0.39 is 12.1 Å². The maximum absolute atomic E-state index is 13.2. The molecule has 0 amide bonds. The molecule has 0 spiro atoms. The summed E-state index contributed by atoms with van der Waals surface area (Å²) in [5.41, 5.74) is 0. The summed E-state index contributed by atoms with van der Waals surface area (Å²) in [5, 5.41) is 5.16. The summed E-state index contributed by atoms with van der Waals surface area (Å²) < 4.78 is 39.5. The molecule has 0 radical (unpaired) electrons. The van der Waals surface area contributed by atoms with E-state index in [9.17, 15) is 13.2 Å². The molecule has 0 aliphatic heterocycles. The number of hydrogen-bond acceptors (Lipinski definition) is 2. The van der Waals surface area contributed by atoms with Gasteiger partial charge in [0.15, 0.2) is 0 Å². The first-order chi connectivity index (χ1) is 9.52. The Morgan fingerprint density at radius 3 is 2.70 bits per heavy atom. The van der Waals surface area contributed by atoms with Gasteiger partial charge in [0.05, 0.1) is 5.92 Å². The zero-order valence-corrected chi connectivity index (χ0v) is 12.6. The molecule has 1 aliphatic rings. The van der Waals surface area contributed by atoms with Crippen LogP contribution in [0.4, 0.5) is 13.2 Å². The lowest BCUT2D eigenvalue weighted by Gasteiger charge is -2.38. The largest absolute Gasteiger partial charge is 0.392 e. The minimum Gasteiger partial charge on any atom is -0.317 e. The highest BCUT2D eigenvalue weighted by Crippen LogP contribution is 2.43. The lowest BCUT2D eigenvalue weighted by Crippen LogP contribution is -2.44. The summed E-state index contributed by atoms with van der Waals surface area (Å²) in [6.45, 7) is 0. The van der Waals surface area contributed by atoms with Crippen LogP contribution < -0.4 is 5.32 Å². The van der Waals surface area contributed by atoms with Crippen LogP contribution in [0.2, 0.25) is 0 Å². The fraction of sp³-hybridized carbons (Fsp3) is 0.733. The second kappa shape index (κ2) is 6.94. The molecule has 1 heterocycles. The summed E-state index contributed by atoms with van der Waals surface area (Å²) >= 11 is 1.68. The average molecular weight is 305 g/mol. The van der Waals surface area contributed by atoms with Gasteiger partial charge < -0.3 is 5.32 Å². The van der Waals surface area contributed by atoms with E-state index >= 15 is 0 Å². The molecule has 1 N–H and O–H groups in total. The Hall–Kier alpha value is -0.550. The summed E-state index contributed by atoms with van der Waals surface area (Å²) in [7, 11) is 1.79. The van der Waals surface area contributed by atoms with Crippen LogP contribution >= 0.6 is 11.3 Å². The fourth-order valence-corrected chi connectivity index (χ4v) is 4.10. The van der Waals surface area contributed by atoms with E-state index in [4.69, 9.17) is 0 Å². The van der Waals surface area contributed by atoms with Crippen LogP contribution in [0.25, 0.3) is 0 Å². The van der Waals surface area contributed by atoms with Crippen LogP contribution in [0, 0.1) is 11.8 Å². The summed E-state index contributed by atoms with van der Waals surface area (Å²) in [4.78, 5) is 1.25. The Balaban J connectivity index is 2.00. The van der Waals surface area contributed by atoms with Crippen molar-refractivity contribution in [2.24, 2.45) is 11.8 Å². The molecule has 0 aromatic carbocycles. The number of thiophene rings is 1. The number of alkyl halides is 3. The van der Waals surface area contributed by atoms with E-state index in [1.165, 1.54) is 4.88 Å². The molecule has 2 rings (SSSR count). The van der Waals surface area contributed by atoms with Gasteiger partial charge in [0, 0.05) is 10.9 Å². The smallest absolute Gasteiger partial charge is 0.317 e. The highest BCUT2D eigenvalue weighted by Gasteiger charge is 2.47. The fourth-order valence-electron chi connectivity index (χ4n) is 3.37. The van der Waals surface area contributed by atoms with Gasteiger partial charge in [-0.3, -0.25) is 0 Å². The van der Waals surface area contributed by atoms with Crippen LogP contribution in [0.15, 0.2) is 17.5 Å². The zero-order chi connectivity index (χ0) is 14.6. The SMILES string of the molecule is CNC(CCc1cccs1)C1CCCCC1C(F)(F)F. The van der Waals surface area contributed by atoms with Gasteiger partial charge >= 0.3 is 6.18 Å². The van der Waals surface area contributed by atoms with E-state index in [1.54, 1.807) is 18.4 Å². The van der Waals surface area contributed by atoms with Crippen molar-refractivity contribution in [3.8, 4) is 0 Å². The predicted molar refractivity (Wildman–Crippen MR) is 77.0 cm³/mol. The van der Waals surface area contributed by atoms with Crippen molar-refractivity contribution in [3.05, 3.63) is 22.4 Å². The van der Waals surface area contributed by atoms with Gasteiger partial charge in [0.25, 0.3) is 0 Å². The summed E-state index contributed by atoms with van der Waals surface area (Å²) in [6.07, 6.45) is 0.226. The van der Waals surface area contributed by atoms with Crippen molar-refractivity contribution >= 4 is 11.3 Å². The van der Waals surface area contributed by atoms with Crippen molar-refractivity contribution in [2.45, 2.75) is 50.7 Å². The second-order valence-electron chi connectivity index (χ2n) is 5.61. The highest BCUT2D eigenvalue weighted by molar-refractivity contribution is 7.09. The molecular formula is C15H22F3NS. The van der Waals surface area contributed by atoms with Gasteiger partial charge in [-0.1, -0.05) is 18.9 Å². The molecular weight excluding hydrogens is 283 g/mol. The van der Waals surface area contributed by atoms with Crippen molar-refractivity contribution in [1.82, 2.24) is 5.32 Å². The Morgan fingerprint density at radius 1 is 1.35 bits per heavy atom. The van der Waals surface area contributed by atoms with Gasteiger partial charge in [-0.2, -0.15) is 13.2 Å². The van der Waals surface area contributed by atoms with E-state index in [2.05, 4.69) is 11.4 Å². The van der Waals surface area contributed by atoms with E-state index in [0.717, 1.165) is 19.3 Å². The Morgan fingerprint density at radius 2 is 2.10 bits per heavy atom. The summed E-state index contributed by atoms with van der Waals surface area (Å²) in [6, 6.07) is 4.01. The third kappa shape index (κ3) is 3.98. The topological polar surface area (TPSA) is 12.0 Å². The van der Waals surface area contributed by atoms with Crippen molar-refractivity contribution in [2.75, 3.05) is 7.05 Å². The van der Waals surface area contributed by atoms with E-state index in [1.807, 2.05) is 11.4 Å². The van der Waals surface area contributed by atoms with Gasteiger partial charge in [0.2, 0.25) is 0 Å². The molecule has 1 fully saturated rings. The monoisotopic (exact) mass is 305 g/mol. The maximum Gasteiger partial charge on any atom is 0.392 e. The standard InChI is InChI=1S/C15H22F3NS/c1-19-14(9-8-11-5-4-10-20-11)12-6-2-3-7-13(12)15(16,17)18/h4-5,10,12-14,19H,2-3,6-9H2,1H3. The Labute approximate surface area is 122 Å². The van der Waals surface area contributed by atoms with Gasteiger partial charge in [0.1, 0.15) is 0 Å². The van der Waals surface area contributed by atoms with Crippen molar-refractivity contribution in [1.29, 1.82) is 0 Å². The third-order valence-electron chi connectivity index (χ3n) is 4.41. The van der Waals surface area contributed by atoms with E-state index in [-0.39, 0.29) is 12.0 Å². The predicted octanol–water partition coefficient (Wildman–Crippen LogP) is 4.64. The van der Waals surface area contributed by atoms with Crippen molar-refractivity contribution < 1.29 is 13.2 Å². The zero-order valence-electron chi connectivity index (χ0n) is 11.7. The van der Waals surface area contributed by atoms with E-state index in [0.29, 0.717) is 19.3 Å². The Bertz CT molecular complexity index is 388. The lowest BCUT2D eigenvalue weighted by atomic mass is 9.73. The van der Waals surface area contributed by atoms with Gasteiger partial charge in [-0.05, 0) is 50.1 Å². The Kier molecular flexibility index (Phi) is 5.49. The number of rotatable bonds is 5. The number of aryl methyl sites for hydroxylation is 1. The number of hydrogen-bond donors (Lipinski definition) is 1. The van der Waals surface area contributed by atoms with Crippen LogP contribution in [-0.2, 0) is 6.42 Å². The van der Waals surface area contributed by atoms with Crippen LogP contribution in [-0.4, -0.2) is 19.3 Å². The normalized spacial score (nSPS) is 25.6. The first-order valence-corrected chi connectivity index (χ1v) is 8.16. The number of halogens is 3.